The summed E-state index contributed by atoms with van der Waals surface area (Å²) < 4.78 is 9.57. The molecule has 0 spiro atoms. The van der Waals surface area contributed by atoms with Crippen LogP contribution in [0, 0.1) is 23.7 Å². The van der Waals surface area contributed by atoms with Gasteiger partial charge in [-0.3, -0.25) is 9.59 Å². The van der Waals surface area contributed by atoms with Crippen LogP contribution in [0.1, 0.15) is 78.1 Å². The predicted molar refractivity (Wildman–Crippen MR) is 227 cm³/mol. The minimum absolute atomic E-state index is 0.107. The van der Waals surface area contributed by atoms with E-state index in [0.717, 1.165) is 67.7 Å². The summed E-state index contributed by atoms with van der Waals surface area (Å²) in [7, 11) is 2.59. The minimum atomic E-state index is -0.697. The number of nitrogens with one attached hydrogen (secondary N) is 4. The zero-order valence-electron chi connectivity index (χ0n) is 34.9. The van der Waals surface area contributed by atoms with Gasteiger partial charge in [0.1, 0.15) is 28.6 Å². The predicted octanol–water partition coefficient (Wildman–Crippen LogP) is 7.93. The molecule has 6 atom stereocenters. The van der Waals surface area contributed by atoms with Gasteiger partial charge in [0.15, 0.2) is 0 Å². The lowest BCUT2D eigenvalue weighted by Gasteiger charge is -2.30. The number of H-pyrrole nitrogens is 2. The number of carbonyl (C=O) groups is 4. The van der Waals surface area contributed by atoms with E-state index in [0.29, 0.717) is 19.0 Å². The zero-order valence-corrected chi connectivity index (χ0v) is 35.7. The fourth-order valence-electron chi connectivity index (χ4n) is 8.30. The SMILES string of the molecule is COC(=O)N[C@H](C(=O)N1C[C@@H](C)CC1c1nc2sc(-c3ccc(-c4ccc(-c5cnc([C@@H]6C[C@H](C)CN6C(=O)[C@@H](NC(=O)OC)C(C)C)[nH]5)cc4)cc3)cc2[nH]1)C(C)C. The number of benzene rings is 2. The highest BCUT2D eigenvalue weighted by Gasteiger charge is 2.41. The lowest BCUT2D eigenvalue weighted by atomic mass is 10.0. The van der Waals surface area contributed by atoms with Gasteiger partial charge in [0.25, 0.3) is 0 Å². The van der Waals surface area contributed by atoms with E-state index in [9.17, 15) is 19.2 Å². The molecule has 2 aliphatic rings. The lowest BCUT2D eigenvalue weighted by molar-refractivity contribution is -0.136. The van der Waals surface area contributed by atoms with Gasteiger partial charge in [-0.15, -0.1) is 11.3 Å². The van der Waals surface area contributed by atoms with E-state index in [1.165, 1.54) is 14.2 Å². The molecule has 0 bridgehead atoms. The summed E-state index contributed by atoms with van der Waals surface area (Å²) >= 11 is 1.61. The van der Waals surface area contributed by atoms with Crippen LogP contribution in [0.15, 0.2) is 60.8 Å². The van der Waals surface area contributed by atoms with E-state index in [2.05, 4.69) is 89.0 Å². The zero-order chi connectivity index (χ0) is 42.1. The quantitative estimate of drug-likeness (QED) is 0.104. The van der Waals surface area contributed by atoms with Crippen molar-refractivity contribution in [2.75, 3.05) is 27.3 Å². The maximum absolute atomic E-state index is 13.7. The molecule has 7 rings (SSSR count). The van der Waals surface area contributed by atoms with Crippen molar-refractivity contribution >= 4 is 45.7 Å². The average molecular weight is 823 g/mol. The lowest BCUT2D eigenvalue weighted by Crippen LogP contribution is -2.51. The van der Waals surface area contributed by atoms with Gasteiger partial charge in [0, 0.05) is 18.0 Å². The Labute approximate surface area is 348 Å². The second-order valence-corrected chi connectivity index (χ2v) is 17.7. The van der Waals surface area contributed by atoms with E-state index in [1.54, 1.807) is 11.3 Å². The molecule has 0 aliphatic carbocycles. The Hall–Kier alpha value is -5.70. The number of ether oxygens (including phenoxy) is 2. The number of thiophene rings is 1. The number of carbonyl (C=O) groups excluding carboxylic acids is 4. The Bertz CT molecular complexity index is 2270. The molecule has 2 saturated heterocycles. The van der Waals surface area contributed by atoms with Gasteiger partial charge in [-0.25, -0.2) is 19.6 Å². The largest absolute Gasteiger partial charge is 0.453 e. The number of methoxy groups -OCH3 is 2. The van der Waals surface area contributed by atoms with E-state index in [4.69, 9.17) is 19.4 Å². The number of aromatic nitrogens is 4. The second-order valence-electron chi connectivity index (χ2n) is 16.7. The number of hydrogen-bond donors (Lipinski definition) is 4. The molecule has 0 saturated carbocycles. The molecule has 312 valence electrons. The first kappa shape index (κ1) is 41.5. The third kappa shape index (κ3) is 8.70. The van der Waals surface area contributed by atoms with E-state index >= 15 is 0 Å². The molecular weight excluding hydrogens is 769 g/mol. The van der Waals surface area contributed by atoms with Gasteiger partial charge in [0.05, 0.1) is 43.7 Å². The van der Waals surface area contributed by atoms with E-state index in [1.807, 2.05) is 43.7 Å². The minimum Gasteiger partial charge on any atom is -0.453 e. The first-order valence-electron chi connectivity index (χ1n) is 20.3. The van der Waals surface area contributed by atoms with Crippen LogP contribution in [-0.2, 0) is 19.1 Å². The Kier molecular flexibility index (Phi) is 12.1. The Balaban J connectivity index is 1.02. The summed E-state index contributed by atoms with van der Waals surface area (Å²) in [5.74, 6) is 1.57. The van der Waals surface area contributed by atoms with Crippen molar-refractivity contribution in [1.29, 1.82) is 0 Å². The first-order valence-corrected chi connectivity index (χ1v) is 21.1. The molecule has 2 fully saturated rings. The number of fused-ring (bicyclic) bond motifs is 1. The van der Waals surface area contributed by atoms with Gasteiger partial charge in [-0.1, -0.05) is 90.1 Å². The number of imidazole rings is 2. The molecule has 3 aromatic heterocycles. The first-order chi connectivity index (χ1) is 28.2. The van der Waals surface area contributed by atoms with Crippen molar-refractivity contribution in [3.63, 3.8) is 0 Å². The van der Waals surface area contributed by atoms with Crippen LogP contribution in [0.25, 0.3) is 43.2 Å². The number of likely N-dealkylation sites (tertiary alicyclic amines) is 2. The van der Waals surface area contributed by atoms with Crippen LogP contribution in [0.3, 0.4) is 0 Å². The van der Waals surface area contributed by atoms with Crippen molar-refractivity contribution in [1.82, 2.24) is 40.4 Å². The van der Waals surface area contributed by atoms with Crippen molar-refractivity contribution in [3.05, 3.63) is 72.4 Å². The van der Waals surface area contributed by atoms with Crippen molar-refractivity contribution in [2.45, 2.75) is 78.6 Å². The second kappa shape index (κ2) is 17.3. The Morgan fingerprint density at radius 3 is 1.66 bits per heavy atom. The summed E-state index contributed by atoms with van der Waals surface area (Å²) in [5.41, 5.74) is 6.03. The molecule has 4 N–H and O–H groups in total. The molecular formula is C44H54N8O6S. The van der Waals surface area contributed by atoms with Crippen LogP contribution in [0.2, 0.25) is 0 Å². The monoisotopic (exact) mass is 822 g/mol. The van der Waals surface area contributed by atoms with Gasteiger partial charge >= 0.3 is 12.2 Å². The maximum atomic E-state index is 13.7. The highest BCUT2D eigenvalue weighted by atomic mass is 32.1. The highest BCUT2D eigenvalue weighted by molar-refractivity contribution is 7.21. The van der Waals surface area contributed by atoms with Gasteiger partial charge < -0.3 is 39.9 Å². The molecule has 5 aromatic rings. The van der Waals surface area contributed by atoms with Crippen molar-refractivity contribution < 1.29 is 28.7 Å². The third-order valence-electron chi connectivity index (χ3n) is 11.5. The van der Waals surface area contributed by atoms with Crippen LogP contribution < -0.4 is 10.6 Å². The molecule has 2 aromatic carbocycles. The molecule has 0 radical (unpaired) electrons. The molecule has 2 aliphatic heterocycles. The van der Waals surface area contributed by atoms with E-state index < -0.39 is 24.3 Å². The average Bonchev–Trinajstić information content (AvgIpc) is 4.07. The third-order valence-corrected chi connectivity index (χ3v) is 12.6. The number of hydrogen-bond acceptors (Lipinski definition) is 9. The number of amides is 4. The van der Waals surface area contributed by atoms with Crippen LogP contribution in [-0.4, -0.2) is 93.1 Å². The fourth-order valence-corrected chi connectivity index (χ4v) is 9.31. The molecule has 15 heteroatoms. The number of rotatable bonds is 11. The molecule has 14 nitrogen and oxygen atoms in total. The summed E-state index contributed by atoms with van der Waals surface area (Å²) in [5, 5.41) is 5.43. The topological polar surface area (TPSA) is 175 Å². The summed E-state index contributed by atoms with van der Waals surface area (Å²) in [6.07, 6.45) is 2.13. The highest BCUT2D eigenvalue weighted by Crippen LogP contribution is 2.40. The Morgan fingerprint density at radius 1 is 0.712 bits per heavy atom. The van der Waals surface area contributed by atoms with Gasteiger partial charge in [-0.2, -0.15) is 0 Å². The summed E-state index contributed by atoms with van der Waals surface area (Å²) in [6, 6.07) is 17.1. The van der Waals surface area contributed by atoms with Crippen LogP contribution in [0.4, 0.5) is 9.59 Å². The summed E-state index contributed by atoms with van der Waals surface area (Å²) in [4.78, 5) is 73.7. The van der Waals surface area contributed by atoms with E-state index in [-0.39, 0.29) is 41.7 Å². The molecule has 59 heavy (non-hydrogen) atoms. The normalized spacial score (nSPS) is 20.3. The fraction of sp³-hybridized carbons (Fsp3) is 0.455. The number of nitrogens with zero attached hydrogens (tertiary/aromatic N) is 4. The molecule has 5 heterocycles. The van der Waals surface area contributed by atoms with Crippen LogP contribution >= 0.6 is 11.3 Å². The smallest absolute Gasteiger partial charge is 0.407 e. The van der Waals surface area contributed by atoms with Crippen molar-refractivity contribution in [2.24, 2.45) is 23.7 Å². The Morgan fingerprint density at radius 2 is 1.19 bits per heavy atom. The molecule has 4 amide bonds. The number of aromatic amines is 2. The maximum Gasteiger partial charge on any atom is 0.407 e. The number of alkyl carbamates (subject to hydrolysis) is 2. The van der Waals surface area contributed by atoms with Crippen molar-refractivity contribution in [3.8, 4) is 32.8 Å². The summed E-state index contributed by atoms with van der Waals surface area (Å²) in [6.45, 7) is 13.1. The van der Waals surface area contributed by atoms with Crippen LogP contribution in [0.5, 0.6) is 0 Å². The molecule has 1 unspecified atom stereocenters. The standard InChI is InChI=1S/C44H54N8O6S/c1-23(2)36(48-43(55)57-7)41(53)51-21-25(5)17-33(51)38-45-20-32(47-38)29-13-9-27(10-14-29)28-11-15-30(16-12-28)35-19-31-40(59-35)50-39(46-31)34-18-26(6)22-52(34)42(54)37(24(3)4)49-44(56)58-8/h9-16,19-20,23-26,33-34,36-37H,17-18,21-22H2,1-8H3,(H,45,47)(H,46,50)(H,48,55)(H,49,56)/t25-,26-,33-,34?,36-,37-/m0/s1. The van der Waals surface area contributed by atoms with Gasteiger partial charge in [-0.05, 0) is 64.8 Å². The van der Waals surface area contributed by atoms with Gasteiger partial charge in [0.2, 0.25) is 11.8 Å².